The first-order valence-electron chi connectivity index (χ1n) is 13.2. The molecule has 198 valence electrons. The molecule has 0 aliphatic rings. The van der Waals surface area contributed by atoms with Crippen LogP contribution in [0.5, 0.6) is 0 Å². The van der Waals surface area contributed by atoms with Gasteiger partial charge in [-0.25, -0.2) is 0 Å². The van der Waals surface area contributed by atoms with Crippen LogP contribution in [0, 0.1) is 5.92 Å². The van der Waals surface area contributed by atoms with E-state index in [4.69, 9.17) is 10.2 Å². The molecule has 0 fully saturated rings. The van der Waals surface area contributed by atoms with Crippen LogP contribution in [0.25, 0.3) is 22.0 Å². The third kappa shape index (κ3) is 6.31. The van der Waals surface area contributed by atoms with E-state index in [1.165, 1.54) is 11.1 Å². The van der Waals surface area contributed by atoms with Crippen molar-refractivity contribution in [3.05, 3.63) is 89.6 Å². The van der Waals surface area contributed by atoms with Gasteiger partial charge in [-0.3, -0.25) is 14.3 Å². The van der Waals surface area contributed by atoms with E-state index in [1.54, 1.807) is 12.1 Å². The Kier molecular flexibility index (Phi) is 8.00. The van der Waals surface area contributed by atoms with Gasteiger partial charge in [-0.05, 0) is 64.3 Å². The number of hydrogen-bond acceptors (Lipinski definition) is 3. The van der Waals surface area contributed by atoms with E-state index in [-0.39, 0.29) is 30.3 Å². The zero-order valence-corrected chi connectivity index (χ0v) is 22.9. The number of aromatic nitrogens is 2. The first-order chi connectivity index (χ1) is 18.0. The second-order valence-corrected chi connectivity index (χ2v) is 11.4. The maximum Gasteiger partial charge on any atom is 0.305 e. The first-order valence-corrected chi connectivity index (χ1v) is 13.2. The number of nitrogens with one attached hydrogen (secondary N) is 1. The Balaban J connectivity index is 1.60. The Morgan fingerprint density at radius 1 is 0.947 bits per heavy atom. The van der Waals surface area contributed by atoms with E-state index in [0.29, 0.717) is 11.5 Å². The largest absolute Gasteiger partial charge is 0.481 e. The smallest absolute Gasteiger partial charge is 0.305 e. The number of carbonyl (C=O) groups excluding carboxylic acids is 1. The fraction of sp³-hybridized carbons (Fsp3) is 0.344. The Labute approximate surface area is 224 Å². The standard InChI is InChI=1S/C32H37N3O3/c1-21(2)18-29(23-6-8-24(9-7-23)31(38)33-17-16-30(36)37)35-28-15-12-25(19-26(28)20-34-35)22-10-13-27(14-11-22)32(3,4)5/h6-15,19-21,29H,16-18H2,1-5H3,(H,33,38)(H,36,37). The number of carboxylic acid groups (broad SMARTS) is 1. The summed E-state index contributed by atoms with van der Waals surface area (Å²) in [5.41, 5.74) is 6.44. The van der Waals surface area contributed by atoms with E-state index in [0.717, 1.165) is 28.5 Å². The van der Waals surface area contributed by atoms with Crippen LogP contribution in [-0.2, 0) is 10.2 Å². The van der Waals surface area contributed by atoms with Gasteiger partial charge in [0, 0.05) is 17.5 Å². The minimum Gasteiger partial charge on any atom is -0.481 e. The van der Waals surface area contributed by atoms with Gasteiger partial charge in [-0.1, -0.05) is 77.1 Å². The summed E-state index contributed by atoms with van der Waals surface area (Å²) in [5, 5.41) is 17.3. The molecule has 6 heteroatoms. The molecular weight excluding hydrogens is 474 g/mol. The Bertz CT molecular complexity index is 1410. The zero-order chi connectivity index (χ0) is 27.4. The Morgan fingerprint density at radius 3 is 2.21 bits per heavy atom. The number of benzene rings is 3. The number of fused-ring (bicyclic) bond motifs is 1. The summed E-state index contributed by atoms with van der Waals surface area (Å²) in [6.07, 6.45) is 2.73. The summed E-state index contributed by atoms with van der Waals surface area (Å²) in [5.74, 6) is -0.765. The third-order valence-electron chi connectivity index (χ3n) is 6.85. The molecule has 3 aromatic carbocycles. The lowest BCUT2D eigenvalue weighted by Gasteiger charge is -2.22. The quantitative estimate of drug-likeness (QED) is 0.258. The molecule has 38 heavy (non-hydrogen) atoms. The molecule has 0 spiro atoms. The maximum atomic E-state index is 12.4. The van der Waals surface area contributed by atoms with Crippen molar-refractivity contribution < 1.29 is 14.7 Å². The van der Waals surface area contributed by atoms with Crippen molar-refractivity contribution in [2.75, 3.05) is 6.54 Å². The Hall–Kier alpha value is -3.93. The van der Waals surface area contributed by atoms with Crippen molar-refractivity contribution in [2.24, 2.45) is 5.92 Å². The molecule has 1 atom stereocenters. The van der Waals surface area contributed by atoms with Gasteiger partial charge < -0.3 is 10.4 Å². The Morgan fingerprint density at radius 2 is 1.61 bits per heavy atom. The maximum absolute atomic E-state index is 12.4. The first kappa shape index (κ1) is 27.1. The number of aliphatic carboxylic acids is 1. The fourth-order valence-corrected chi connectivity index (χ4v) is 4.71. The van der Waals surface area contributed by atoms with Crippen LogP contribution in [-0.4, -0.2) is 33.3 Å². The van der Waals surface area contributed by atoms with Gasteiger partial charge in [-0.15, -0.1) is 0 Å². The summed E-state index contributed by atoms with van der Waals surface area (Å²) in [4.78, 5) is 23.1. The number of carbonyl (C=O) groups is 2. The molecule has 1 amide bonds. The second kappa shape index (κ2) is 11.2. The lowest BCUT2D eigenvalue weighted by atomic mass is 9.86. The molecule has 1 aromatic heterocycles. The molecule has 0 saturated carbocycles. The summed E-state index contributed by atoms with van der Waals surface area (Å²) in [7, 11) is 0. The van der Waals surface area contributed by atoms with E-state index < -0.39 is 5.97 Å². The number of nitrogens with zero attached hydrogens (tertiary/aromatic N) is 2. The molecule has 0 bridgehead atoms. The van der Waals surface area contributed by atoms with Crippen LogP contribution in [0.15, 0.2) is 72.9 Å². The molecule has 0 radical (unpaired) electrons. The highest BCUT2D eigenvalue weighted by molar-refractivity contribution is 5.94. The zero-order valence-electron chi connectivity index (χ0n) is 22.9. The SMILES string of the molecule is CC(C)CC(c1ccc(C(=O)NCCC(=O)O)cc1)n1ncc2cc(-c3ccc(C(C)(C)C)cc3)ccc21. The lowest BCUT2D eigenvalue weighted by Crippen LogP contribution is -2.26. The van der Waals surface area contributed by atoms with Gasteiger partial charge in [0.2, 0.25) is 0 Å². The number of amides is 1. The topological polar surface area (TPSA) is 84.2 Å². The second-order valence-electron chi connectivity index (χ2n) is 11.4. The normalized spacial score (nSPS) is 12.6. The molecule has 4 rings (SSSR count). The van der Waals surface area contributed by atoms with Crippen molar-refractivity contribution in [1.82, 2.24) is 15.1 Å². The van der Waals surface area contributed by atoms with Gasteiger partial charge >= 0.3 is 5.97 Å². The molecule has 1 heterocycles. The average molecular weight is 512 g/mol. The predicted molar refractivity (Wildman–Crippen MR) is 152 cm³/mol. The summed E-state index contributed by atoms with van der Waals surface area (Å²) < 4.78 is 2.09. The summed E-state index contributed by atoms with van der Waals surface area (Å²) in [6, 6.07) is 22.8. The van der Waals surface area contributed by atoms with Crippen LogP contribution in [0.1, 0.15) is 75.0 Å². The van der Waals surface area contributed by atoms with E-state index in [2.05, 4.69) is 87.1 Å². The van der Waals surface area contributed by atoms with Crippen LogP contribution in [0.2, 0.25) is 0 Å². The van der Waals surface area contributed by atoms with Gasteiger partial charge in [-0.2, -0.15) is 5.10 Å². The highest BCUT2D eigenvalue weighted by Crippen LogP contribution is 2.32. The van der Waals surface area contributed by atoms with Crippen molar-refractivity contribution in [3.63, 3.8) is 0 Å². The fourth-order valence-electron chi connectivity index (χ4n) is 4.71. The average Bonchev–Trinajstić information content (AvgIpc) is 3.29. The molecule has 0 aliphatic carbocycles. The van der Waals surface area contributed by atoms with E-state index in [9.17, 15) is 9.59 Å². The van der Waals surface area contributed by atoms with Gasteiger partial charge in [0.15, 0.2) is 0 Å². The van der Waals surface area contributed by atoms with Gasteiger partial charge in [0.05, 0.1) is 24.2 Å². The van der Waals surface area contributed by atoms with Gasteiger partial charge in [0.25, 0.3) is 5.91 Å². The monoisotopic (exact) mass is 511 g/mol. The minimum absolute atomic E-state index is 0.0218. The minimum atomic E-state index is -0.936. The van der Waals surface area contributed by atoms with Crippen LogP contribution in [0.3, 0.4) is 0 Å². The number of rotatable bonds is 9. The molecule has 1 unspecified atom stereocenters. The predicted octanol–water partition coefficient (Wildman–Crippen LogP) is 6.84. The highest BCUT2D eigenvalue weighted by Gasteiger charge is 2.20. The number of hydrogen-bond donors (Lipinski definition) is 2. The number of carboxylic acids is 1. The molecular formula is C32H37N3O3. The molecule has 2 N–H and O–H groups in total. The summed E-state index contributed by atoms with van der Waals surface area (Å²) >= 11 is 0. The summed E-state index contributed by atoms with van der Waals surface area (Å²) in [6.45, 7) is 11.2. The third-order valence-corrected chi connectivity index (χ3v) is 6.85. The van der Waals surface area contributed by atoms with Crippen molar-refractivity contribution >= 4 is 22.8 Å². The molecule has 4 aromatic rings. The van der Waals surface area contributed by atoms with Crippen LogP contribution >= 0.6 is 0 Å². The van der Waals surface area contributed by atoms with Crippen molar-refractivity contribution in [3.8, 4) is 11.1 Å². The van der Waals surface area contributed by atoms with E-state index >= 15 is 0 Å². The molecule has 6 nitrogen and oxygen atoms in total. The van der Waals surface area contributed by atoms with Crippen LogP contribution in [0.4, 0.5) is 0 Å². The van der Waals surface area contributed by atoms with Crippen molar-refractivity contribution in [2.45, 2.75) is 58.9 Å². The highest BCUT2D eigenvalue weighted by atomic mass is 16.4. The molecule has 0 aliphatic heterocycles. The van der Waals surface area contributed by atoms with Crippen LogP contribution < -0.4 is 5.32 Å². The lowest BCUT2D eigenvalue weighted by molar-refractivity contribution is -0.136. The van der Waals surface area contributed by atoms with Gasteiger partial charge in [0.1, 0.15) is 0 Å². The molecule has 0 saturated heterocycles. The van der Waals surface area contributed by atoms with Crippen molar-refractivity contribution in [1.29, 1.82) is 0 Å². The van der Waals surface area contributed by atoms with E-state index in [1.807, 2.05) is 18.3 Å².